The molecule has 1 heterocycles. The zero-order chi connectivity index (χ0) is 11.4. The fourth-order valence-electron chi connectivity index (χ4n) is 1.23. The van der Waals surface area contributed by atoms with Crippen molar-refractivity contribution in [3.05, 3.63) is 51.3 Å². The minimum absolute atomic E-state index is 0.747. The number of hydrogen-bond acceptors (Lipinski definition) is 3. The van der Waals surface area contributed by atoms with Crippen LogP contribution in [0.1, 0.15) is 5.56 Å². The molecule has 1 aromatic carbocycles. The average Bonchev–Trinajstić information content (AvgIpc) is 2.28. The number of hydrogen-bond donors (Lipinski definition) is 1. The lowest BCUT2D eigenvalue weighted by atomic mass is 10.2. The van der Waals surface area contributed by atoms with E-state index in [0.29, 0.717) is 0 Å². The molecule has 0 saturated carbocycles. The third kappa shape index (κ3) is 3.28. The lowest BCUT2D eigenvalue weighted by molar-refractivity contribution is 1.07. The molecule has 16 heavy (non-hydrogen) atoms. The van der Waals surface area contributed by atoms with Gasteiger partial charge in [-0.3, -0.25) is 0 Å². The average molecular weight is 343 g/mol. The van der Waals surface area contributed by atoms with E-state index in [1.807, 2.05) is 18.2 Å². The molecule has 0 unspecified atom stereocenters. The molecule has 1 aromatic heterocycles. The van der Waals surface area contributed by atoms with Crippen LogP contribution in [0.5, 0.6) is 0 Å². The van der Waals surface area contributed by atoms with Crippen LogP contribution in [0, 0.1) is 0 Å². The summed E-state index contributed by atoms with van der Waals surface area (Å²) >= 11 is 6.70. The lowest BCUT2D eigenvalue weighted by Crippen LogP contribution is -2.01. The molecule has 2 aromatic rings. The first kappa shape index (κ1) is 11.5. The maximum absolute atomic E-state index is 4.11. The van der Waals surface area contributed by atoms with Gasteiger partial charge in [0.1, 0.15) is 16.7 Å². The van der Waals surface area contributed by atoms with Crippen LogP contribution in [0.3, 0.4) is 0 Å². The standard InChI is InChI=1S/C11H9Br2N3/c12-9-3-1-8(2-4-9)6-14-11-5-10(13)15-7-16-11/h1-5,7H,6H2,(H,14,15,16). The number of anilines is 1. The predicted molar refractivity (Wildman–Crippen MR) is 71.2 cm³/mol. The zero-order valence-electron chi connectivity index (χ0n) is 8.32. The van der Waals surface area contributed by atoms with Gasteiger partial charge in [-0.05, 0) is 33.6 Å². The van der Waals surface area contributed by atoms with E-state index in [9.17, 15) is 0 Å². The third-order valence-corrected chi connectivity index (χ3v) is 2.98. The number of aromatic nitrogens is 2. The SMILES string of the molecule is Brc1ccc(CNc2cc(Br)ncn2)cc1. The first-order chi connectivity index (χ1) is 7.74. The van der Waals surface area contributed by atoms with Crippen molar-refractivity contribution in [2.24, 2.45) is 0 Å². The van der Waals surface area contributed by atoms with E-state index in [1.54, 1.807) is 0 Å². The van der Waals surface area contributed by atoms with Gasteiger partial charge in [0.15, 0.2) is 0 Å². The molecule has 3 nitrogen and oxygen atoms in total. The summed E-state index contributed by atoms with van der Waals surface area (Å²) in [5.41, 5.74) is 1.21. The number of nitrogens with zero attached hydrogens (tertiary/aromatic N) is 2. The molecule has 0 aliphatic carbocycles. The Morgan fingerprint density at radius 3 is 2.50 bits per heavy atom. The number of halogens is 2. The van der Waals surface area contributed by atoms with E-state index in [4.69, 9.17) is 0 Å². The summed E-state index contributed by atoms with van der Waals surface area (Å²) in [6, 6.07) is 10.0. The van der Waals surface area contributed by atoms with Crippen molar-refractivity contribution < 1.29 is 0 Å². The van der Waals surface area contributed by atoms with E-state index >= 15 is 0 Å². The van der Waals surface area contributed by atoms with Crippen LogP contribution < -0.4 is 5.32 Å². The molecule has 0 amide bonds. The van der Waals surface area contributed by atoms with Crippen LogP contribution in [0.4, 0.5) is 5.82 Å². The topological polar surface area (TPSA) is 37.8 Å². The Hall–Kier alpha value is -0.940. The molecule has 0 saturated heterocycles. The highest BCUT2D eigenvalue weighted by atomic mass is 79.9. The molecule has 0 atom stereocenters. The van der Waals surface area contributed by atoms with Gasteiger partial charge in [-0.2, -0.15) is 0 Å². The van der Waals surface area contributed by atoms with E-state index in [1.165, 1.54) is 11.9 Å². The van der Waals surface area contributed by atoms with Gasteiger partial charge in [-0.25, -0.2) is 9.97 Å². The summed E-state index contributed by atoms with van der Waals surface area (Å²) in [4.78, 5) is 8.08. The fraction of sp³-hybridized carbons (Fsp3) is 0.0909. The molecular formula is C11H9Br2N3. The van der Waals surface area contributed by atoms with Gasteiger partial charge in [0.2, 0.25) is 0 Å². The Kier molecular flexibility index (Phi) is 3.90. The fourth-order valence-corrected chi connectivity index (χ4v) is 1.80. The van der Waals surface area contributed by atoms with Gasteiger partial charge in [0.25, 0.3) is 0 Å². The van der Waals surface area contributed by atoms with E-state index < -0.39 is 0 Å². The van der Waals surface area contributed by atoms with Crippen molar-refractivity contribution in [1.29, 1.82) is 0 Å². The first-order valence-electron chi connectivity index (χ1n) is 4.70. The second kappa shape index (κ2) is 5.41. The van der Waals surface area contributed by atoms with Crippen LogP contribution in [0.2, 0.25) is 0 Å². The molecule has 0 spiro atoms. The Morgan fingerprint density at radius 2 is 1.81 bits per heavy atom. The minimum Gasteiger partial charge on any atom is -0.366 e. The van der Waals surface area contributed by atoms with Gasteiger partial charge in [-0.1, -0.05) is 28.1 Å². The maximum atomic E-state index is 4.11. The molecular weight excluding hydrogens is 334 g/mol. The molecule has 0 aliphatic heterocycles. The van der Waals surface area contributed by atoms with Gasteiger partial charge < -0.3 is 5.32 Å². The van der Waals surface area contributed by atoms with Crippen LogP contribution in [0.15, 0.2) is 45.7 Å². The maximum Gasteiger partial charge on any atom is 0.130 e. The quantitative estimate of drug-likeness (QED) is 0.866. The van der Waals surface area contributed by atoms with Crippen molar-refractivity contribution in [3.63, 3.8) is 0 Å². The third-order valence-electron chi connectivity index (χ3n) is 2.02. The van der Waals surface area contributed by atoms with Crippen LogP contribution >= 0.6 is 31.9 Å². The summed E-state index contributed by atoms with van der Waals surface area (Å²) in [7, 11) is 0. The highest BCUT2D eigenvalue weighted by Gasteiger charge is 1.96. The van der Waals surface area contributed by atoms with Crippen molar-refractivity contribution in [2.75, 3.05) is 5.32 Å². The summed E-state index contributed by atoms with van der Waals surface area (Å²) in [6.07, 6.45) is 1.52. The smallest absolute Gasteiger partial charge is 0.130 e. The second-order valence-electron chi connectivity index (χ2n) is 3.21. The number of rotatable bonds is 3. The molecule has 5 heteroatoms. The molecule has 82 valence electrons. The van der Waals surface area contributed by atoms with E-state index in [-0.39, 0.29) is 0 Å². The van der Waals surface area contributed by atoms with Crippen molar-refractivity contribution >= 4 is 37.7 Å². The molecule has 1 N–H and O–H groups in total. The van der Waals surface area contributed by atoms with Crippen LogP contribution in [0.25, 0.3) is 0 Å². The van der Waals surface area contributed by atoms with Crippen molar-refractivity contribution in [3.8, 4) is 0 Å². The second-order valence-corrected chi connectivity index (χ2v) is 4.93. The Labute approximate surface area is 111 Å². The molecule has 0 radical (unpaired) electrons. The van der Waals surface area contributed by atoms with Gasteiger partial charge >= 0.3 is 0 Å². The minimum atomic E-state index is 0.747. The largest absolute Gasteiger partial charge is 0.366 e. The lowest BCUT2D eigenvalue weighted by Gasteiger charge is -2.05. The predicted octanol–water partition coefficient (Wildman–Crippen LogP) is 3.61. The summed E-state index contributed by atoms with van der Waals surface area (Å²) in [5, 5.41) is 3.22. The first-order valence-corrected chi connectivity index (χ1v) is 6.28. The van der Waals surface area contributed by atoms with E-state index in [2.05, 4.69) is 59.3 Å². The zero-order valence-corrected chi connectivity index (χ0v) is 11.5. The Bertz CT molecular complexity index is 471. The Morgan fingerprint density at radius 1 is 1.06 bits per heavy atom. The number of nitrogens with one attached hydrogen (secondary N) is 1. The van der Waals surface area contributed by atoms with Crippen molar-refractivity contribution in [1.82, 2.24) is 9.97 Å². The summed E-state index contributed by atoms with van der Waals surface area (Å²) < 4.78 is 1.86. The summed E-state index contributed by atoms with van der Waals surface area (Å²) in [5.74, 6) is 0.810. The van der Waals surface area contributed by atoms with Gasteiger partial charge in [-0.15, -0.1) is 0 Å². The normalized spacial score (nSPS) is 10.1. The molecule has 2 rings (SSSR count). The van der Waals surface area contributed by atoms with Crippen LogP contribution in [-0.4, -0.2) is 9.97 Å². The van der Waals surface area contributed by atoms with E-state index in [0.717, 1.165) is 21.4 Å². The molecule has 0 aliphatic rings. The highest BCUT2D eigenvalue weighted by Crippen LogP contribution is 2.13. The van der Waals surface area contributed by atoms with Gasteiger partial charge in [0, 0.05) is 17.1 Å². The Balaban J connectivity index is 1.99. The number of benzene rings is 1. The molecule has 0 bridgehead atoms. The monoisotopic (exact) mass is 341 g/mol. The van der Waals surface area contributed by atoms with Gasteiger partial charge in [0.05, 0.1) is 0 Å². The summed E-state index contributed by atoms with van der Waals surface area (Å²) in [6.45, 7) is 0.747. The van der Waals surface area contributed by atoms with Crippen molar-refractivity contribution in [2.45, 2.75) is 6.54 Å². The van der Waals surface area contributed by atoms with Crippen LogP contribution in [-0.2, 0) is 6.54 Å². The molecule has 0 fully saturated rings. The highest BCUT2D eigenvalue weighted by molar-refractivity contribution is 9.10.